The number of aromatic nitrogens is 1. The maximum absolute atomic E-state index is 14.0. The highest BCUT2D eigenvalue weighted by Gasteiger charge is 2.06. The second-order valence-corrected chi connectivity index (χ2v) is 5.53. The highest BCUT2D eigenvalue weighted by atomic mass is 19.1. The Balaban J connectivity index is 2.00. The lowest BCUT2D eigenvalue weighted by atomic mass is 10.2. The Morgan fingerprint density at radius 1 is 1.24 bits per heavy atom. The number of halogens is 1. The van der Waals surface area contributed by atoms with Crippen molar-refractivity contribution in [1.29, 1.82) is 0 Å². The van der Waals surface area contributed by atoms with Crippen molar-refractivity contribution in [2.45, 2.75) is 27.3 Å². The van der Waals surface area contributed by atoms with Gasteiger partial charge in [-0.2, -0.15) is 0 Å². The molecule has 0 amide bonds. The Kier molecular flexibility index (Phi) is 5.28. The van der Waals surface area contributed by atoms with E-state index in [2.05, 4.69) is 24.1 Å². The molecule has 0 bridgehead atoms. The zero-order valence-corrected chi connectivity index (χ0v) is 12.7. The third-order valence-electron chi connectivity index (χ3n) is 2.99. The van der Waals surface area contributed by atoms with Crippen LogP contribution >= 0.6 is 0 Å². The monoisotopic (exact) mass is 288 g/mol. The summed E-state index contributed by atoms with van der Waals surface area (Å²) in [6.45, 7) is 7.74. The standard InChI is InChI=1S/C17H21FN2O/c1-12(2)9-19-10-14-5-7-17(16(18)8-14)21-15-6-4-13(3)20-11-15/h4-8,11-12,19H,9-10H2,1-3H3. The van der Waals surface area contributed by atoms with Gasteiger partial charge in [0, 0.05) is 12.2 Å². The van der Waals surface area contributed by atoms with E-state index in [4.69, 9.17) is 4.74 Å². The number of nitrogens with one attached hydrogen (secondary N) is 1. The fourth-order valence-electron chi connectivity index (χ4n) is 1.88. The van der Waals surface area contributed by atoms with Gasteiger partial charge in [0.2, 0.25) is 0 Å². The molecule has 1 N–H and O–H groups in total. The summed E-state index contributed by atoms with van der Waals surface area (Å²) < 4.78 is 19.5. The molecule has 0 saturated carbocycles. The van der Waals surface area contributed by atoms with Gasteiger partial charge in [0.1, 0.15) is 5.75 Å². The van der Waals surface area contributed by atoms with Gasteiger partial charge in [-0.3, -0.25) is 4.98 Å². The molecule has 21 heavy (non-hydrogen) atoms. The van der Waals surface area contributed by atoms with Gasteiger partial charge in [-0.25, -0.2) is 4.39 Å². The van der Waals surface area contributed by atoms with Gasteiger partial charge in [-0.15, -0.1) is 0 Å². The molecule has 1 aromatic carbocycles. The molecule has 112 valence electrons. The summed E-state index contributed by atoms with van der Waals surface area (Å²) in [7, 11) is 0. The van der Waals surface area contributed by atoms with Crippen molar-refractivity contribution in [3.63, 3.8) is 0 Å². The van der Waals surface area contributed by atoms with Crippen LogP contribution in [0.1, 0.15) is 25.1 Å². The van der Waals surface area contributed by atoms with E-state index in [0.29, 0.717) is 18.2 Å². The van der Waals surface area contributed by atoms with Gasteiger partial charge < -0.3 is 10.1 Å². The fraction of sp³-hybridized carbons (Fsp3) is 0.353. The minimum Gasteiger partial charge on any atom is -0.453 e. The first-order valence-electron chi connectivity index (χ1n) is 7.14. The number of hydrogen-bond donors (Lipinski definition) is 1. The SMILES string of the molecule is Cc1ccc(Oc2ccc(CNCC(C)C)cc2F)cn1. The van der Waals surface area contributed by atoms with E-state index in [1.807, 2.05) is 19.1 Å². The lowest BCUT2D eigenvalue weighted by Crippen LogP contribution is -2.18. The van der Waals surface area contributed by atoms with Crippen LogP contribution in [0, 0.1) is 18.7 Å². The number of pyridine rings is 1. The molecule has 1 heterocycles. The molecule has 0 atom stereocenters. The van der Waals surface area contributed by atoms with Gasteiger partial charge in [0.05, 0.1) is 6.20 Å². The average Bonchev–Trinajstić information content (AvgIpc) is 2.44. The van der Waals surface area contributed by atoms with Crippen molar-refractivity contribution in [1.82, 2.24) is 10.3 Å². The van der Waals surface area contributed by atoms with Gasteiger partial charge in [-0.1, -0.05) is 19.9 Å². The van der Waals surface area contributed by atoms with E-state index >= 15 is 0 Å². The second-order valence-electron chi connectivity index (χ2n) is 5.53. The molecule has 3 nitrogen and oxygen atoms in total. The van der Waals surface area contributed by atoms with E-state index in [1.54, 1.807) is 18.3 Å². The van der Waals surface area contributed by atoms with Crippen LogP contribution in [-0.2, 0) is 6.54 Å². The first-order valence-corrected chi connectivity index (χ1v) is 7.14. The Morgan fingerprint density at radius 3 is 2.67 bits per heavy atom. The predicted molar refractivity (Wildman–Crippen MR) is 82.0 cm³/mol. The summed E-state index contributed by atoms with van der Waals surface area (Å²) >= 11 is 0. The van der Waals surface area contributed by atoms with E-state index < -0.39 is 0 Å². The topological polar surface area (TPSA) is 34.1 Å². The van der Waals surface area contributed by atoms with Crippen LogP contribution in [0.3, 0.4) is 0 Å². The molecule has 0 spiro atoms. The van der Waals surface area contributed by atoms with Crippen LogP contribution in [0.5, 0.6) is 11.5 Å². The minimum absolute atomic E-state index is 0.216. The molecule has 0 aliphatic carbocycles. The number of aryl methyl sites for hydroxylation is 1. The van der Waals surface area contributed by atoms with E-state index in [1.165, 1.54) is 6.07 Å². The van der Waals surface area contributed by atoms with E-state index in [-0.39, 0.29) is 11.6 Å². The summed E-state index contributed by atoms with van der Waals surface area (Å²) in [5.41, 5.74) is 1.80. The van der Waals surface area contributed by atoms with Crippen molar-refractivity contribution in [2.75, 3.05) is 6.54 Å². The zero-order valence-electron chi connectivity index (χ0n) is 12.7. The maximum atomic E-state index is 14.0. The molecule has 1 aromatic heterocycles. The smallest absolute Gasteiger partial charge is 0.166 e. The largest absolute Gasteiger partial charge is 0.453 e. The normalized spacial score (nSPS) is 10.9. The number of nitrogens with zero attached hydrogens (tertiary/aromatic N) is 1. The van der Waals surface area contributed by atoms with Gasteiger partial charge in [0.25, 0.3) is 0 Å². The van der Waals surface area contributed by atoms with Crippen LogP contribution < -0.4 is 10.1 Å². The molecule has 0 radical (unpaired) electrons. The van der Waals surface area contributed by atoms with Crippen LogP contribution in [0.25, 0.3) is 0 Å². The maximum Gasteiger partial charge on any atom is 0.166 e. The molecule has 2 aromatic rings. The number of rotatable bonds is 6. The van der Waals surface area contributed by atoms with Crippen molar-refractivity contribution in [2.24, 2.45) is 5.92 Å². The van der Waals surface area contributed by atoms with Gasteiger partial charge in [0.15, 0.2) is 11.6 Å². The lowest BCUT2D eigenvalue weighted by molar-refractivity contribution is 0.439. The first kappa shape index (κ1) is 15.4. The summed E-state index contributed by atoms with van der Waals surface area (Å²) in [4.78, 5) is 4.12. The first-order chi connectivity index (χ1) is 10.0. The molecule has 0 aliphatic rings. The van der Waals surface area contributed by atoms with Crippen LogP contribution in [0.2, 0.25) is 0 Å². The molecule has 0 saturated heterocycles. The van der Waals surface area contributed by atoms with Crippen molar-refractivity contribution in [3.05, 3.63) is 53.6 Å². The van der Waals surface area contributed by atoms with Crippen LogP contribution in [-0.4, -0.2) is 11.5 Å². The summed E-state index contributed by atoms with van der Waals surface area (Å²) in [6.07, 6.45) is 1.59. The average molecular weight is 288 g/mol. The Labute approximate surface area is 125 Å². The minimum atomic E-state index is -0.362. The number of hydrogen-bond acceptors (Lipinski definition) is 3. The Bertz CT molecular complexity index is 582. The highest BCUT2D eigenvalue weighted by molar-refractivity contribution is 5.33. The summed E-state index contributed by atoms with van der Waals surface area (Å²) in [5, 5.41) is 3.29. The fourth-order valence-corrected chi connectivity index (χ4v) is 1.88. The second kappa shape index (κ2) is 7.18. The lowest BCUT2D eigenvalue weighted by Gasteiger charge is -2.10. The molecule has 0 fully saturated rings. The highest BCUT2D eigenvalue weighted by Crippen LogP contribution is 2.24. The zero-order chi connectivity index (χ0) is 15.2. The Hall–Kier alpha value is -1.94. The predicted octanol–water partition coefficient (Wildman–Crippen LogP) is 4.07. The number of ether oxygens (including phenoxy) is 1. The van der Waals surface area contributed by atoms with Crippen molar-refractivity contribution >= 4 is 0 Å². The summed E-state index contributed by atoms with van der Waals surface area (Å²) in [6, 6.07) is 8.64. The molecule has 0 aliphatic heterocycles. The quantitative estimate of drug-likeness (QED) is 0.870. The number of benzene rings is 1. The molecule has 0 unspecified atom stereocenters. The van der Waals surface area contributed by atoms with Gasteiger partial charge >= 0.3 is 0 Å². The third-order valence-corrected chi connectivity index (χ3v) is 2.99. The van der Waals surface area contributed by atoms with Crippen LogP contribution in [0.4, 0.5) is 4.39 Å². The summed E-state index contributed by atoms with van der Waals surface area (Å²) in [5.74, 6) is 0.962. The third kappa shape index (κ3) is 4.83. The van der Waals surface area contributed by atoms with E-state index in [9.17, 15) is 4.39 Å². The molecular formula is C17H21FN2O. The molecular weight excluding hydrogens is 267 g/mol. The van der Waals surface area contributed by atoms with E-state index in [0.717, 1.165) is 17.8 Å². The van der Waals surface area contributed by atoms with Crippen LogP contribution in [0.15, 0.2) is 36.5 Å². The molecule has 4 heteroatoms. The van der Waals surface area contributed by atoms with Gasteiger partial charge in [-0.05, 0) is 49.2 Å². The van der Waals surface area contributed by atoms with Crippen molar-refractivity contribution in [3.8, 4) is 11.5 Å². The van der Waals surface area contributed by atoms with Crippen molar-refractivity contribution < 1.29 is 9.13 Å². The Morgan fingerprint density at radius 2 is 2.05 bits per heavy atom. The molecule has 2 rings (SSSR count).